The first-order valence-corrected chi connectivity index (χ1v) is 10.0. The first-order chi connectivity index (χ1) is 14.7. The van der Waals surface area contributed by atoms with Crippen molar-refractivity contribution in [3.63, 3.8) is 0 Å². The third kappa shape index (κ3) is 4.73. The standard InChI is InChI=1S/C21H24F2N6O2/c1-21(2,3)31-20(30)28-8-7-13(11-28)26-17-6-4-5-14(27-17)16-9-25-18-10-24-15(19(22)23)12-29(16)18/h4-6,9-10,12-13,19H,7-8,11H2,1-3H3,(H,26,27). The van der Waals surface area contributed by atoms with Crippen molar-refractivity contribution in [2.75, 3.05) is 18.4 Å². The lowest BCUT2D eigenvalue weighted by Gasteiger charge is -2.24. The number of carbonyl (C=O) groups excluding carboxylic acids is 1. The molecule has 0 spiro atoms. The zero-order valence-corrected chi connectivity index (χ0v) is 17.5. The normalized spacial score (nSPS) is 16.8. The molecular weight excluding hydrogens is 406 g/mol. The predicted octanol–water partition coefficient (Wildman–Crippen LogP) is 4.15. The van der Waals surface area contributed by atoms with Crippen molar-refractivity contribution in [1.29, 1.82) is 0 Å². The number of alkyl halides is 2. The third-order valence-electron chi connectivity index (χ3n) is 4.84. The Kier molecular flexibility index (Phi) is 5.47. The largest absolute Gasteiger partial charge is 0.444 e. The molecule has 8 nitrogen and oxygen atoms in total. The topological polar surface area (TPSA) is 84.6 Å². The first kappa shape index (κ1) is 21.0. The summed E-state index contributed by atoms with van der Waals surface area (Å²) in [6.07, 6.45) is 1.95. The van der Waals surface area contributed by atoms with Gasteiger partial charge < -0.3 is 15.0 Å². The minimum atomic E-state index is -2.67. The number of nitrogens with zero attached hydrogens (tertiary/aromatic N) is 5. The van der Waals surface area contributed by atoms with Gasteiger partial charge in [0.05, 0.1) is 23.8 Å². The Balaban J connectivity index is 1.49. The molecule has 4 rings (SSSR count). The number of pyridine rings is 1. The van der Waals surface area contributed by atoms with E-state index in [1.54, 1.807) is 21.6 Å². The number of carbonyl (C=O) groups is 1. The van der Waals surface area contributed by atoms with Crippen LogP contribution in [0.4, 0.5) is 19.4 Å². The van der Waals surface area contributed by atoms with E-state index in [1.807, 2.05) is 32.9 Å². The van der Waals surface area contributed by atoms with Crippen LogP contribution >= 0.6 is 0 Å². The van der Waals surface area contributed by atoms with Gasteiger partial charge in [-0.2, -0.15) is 0 Å². The van der Waals surface area contributed by atoms with Crippen molar-refractivity contribution < 1.29 is 18.3 Å². The highest BCUT2D eigenvalue weighted by Gasteiger charge is 2.30. The molecule has 0 radical (unpaired) electrons. The Bertz CT molecular complexity index is 1090. The summed E-state index contributed by atoms with van der Waals surface area (Å²) in [6.45, 7) is 6.63. The average molecular weight is 430 g/mol. The Labute approximate surface area is 178 Å². The van der Waals surface area contributed by atoms with E-state index in [4.69, 9.17) is 4.74 Å². The lowest BCUT2D eigenvalue weighted by atomic mass is 10.2. The van der Waals surface area contributed by atoms with E-state index in [1.165, 1.54) is 12.4 Å². The highest BCUT2D eigenvalue weighted by Crippen LogP contribution is 2.24. The lowest BCUT2D eigenvalue weighted by Crippen LogP contribution is -2.36. The highest BCUT2D eigenvalue weighted by atomic mass is 19.3. The first-order valence-electron chi connectivity index (χ1n) is 10.0. The number of rotatable bonds is 4. The van der Waals surface area contributed by atoms with Gasteiger partial charge in [-0.15, -0.1) is 0 Å². The molecule has 0 bridgehead atoms. The van der Waals surface area contributed by atoms with Crippen molar-refractivity contribution in [3.8, 4) is 11.4 Å². The molecular formula is C21H24F2N6O2. The fourth-order valence-corrected chi connectivity index (χ4v) is 3.44. The summed E-state index contributed by atoms with van der Waals surface area (Å²) in [5, 5.41) is 3.35. The van der Waals surface area contributed by atoms with Gasteiger partial charge in [-0.1, -0.05) is 6.07 Å². The van der Waals surface area contributed by atoms with E-state index in [0.29, 0.717) is 35.9 Å². The SMILES string of the molecule is CC(C)(C)OC(=O)N1CCC(Nc2cccc(-c3cnc4cnc(C(F)F)cn34)n2)C1. The van der Waals surface area contributed by atoms with Gasteiger partial charge in [0, 0.05) is 25.3 Å². The second-order valence-electron chi connectivity index (χ2n) is 8.45. The Morgan fingerprint density at radius 2 is 2.06 bits per heavy atom. The molecule has 1 N–H and O–H groups in total. The van der Waals surface area contributed by atoms with Gasteiger partial charge in [-0.3, -0.25) is 4.40 Å². The maximum absolute atomic E-state index is 13.0. The number of nitrogens with one attached hydrogen (secondary N) is 1. The van der Waals surface area contributed by atoms with Crippen LogP contribution in [-0.2, 0) is 4.74 Å². The predicted molar refractivity (Wildman–Crippen MR) is 111 cm³/mol. The fraction of sp³-hybridized carbons (Fsp3) is 0.429. The Morgan fingerprint density at radius 3 is 2.81 bits per heavy atom. The molecule has 1 saturated heterocycles. The number of anilines is 1. The summed E-state index contributed by atoms with van der Waals surface area (Å²) in [4.78, 5) is 26.5. The van der Waals surface area contributed by atoms with Crippen LogP contribution in [-0.4, -0.2) is 55.1 Å². The molecule has 31 heavy (non-hydrogen) atoms. The summed E-state index contributed by atoms with van der Waals surface area (Å²) in [6, 6.07) is 5.49. The van der Waals surface area contributed by atoms with Crippen LogP contribution in [0.5, 0.6) is 0 Å². The number of likely N-dealkylation sites (tertiary alicyclic amines) is 1. The molecule has 10 heteroatoms. The van der Waals surface area contributed by atoms with Crippen LogP contribution in [0.1, 0.15) is 39.3 Å². The Morgan fingerprint density at radius 1 is 1.26 bits per heavy atom. The van der Waals surface area contributed by atoms with Crippen LogP contribution < -0.4 is 5.32 Å². The number of ether oxygens (including phenoxy) is 1. The molecule has 0 aliphatic carbocycles. The van der Waals surface area contributed by atoms with Crippen molar-refractivity contribution in [2.45, 2.75) is 45.3 Å². The molecule has 1 aliphatic heterocycles. The highest BCUT2D eigenvalue weighted by molar-refractivity contribution is 5.69. The zero-order valence-electron chi connectivity index (χ0n) is 17.5. The van der Waals surface area contributed by atoms with Gasteiger partial charge >= 0.3 is 6.09 Å². The maximum Gasteiger partial charge on any atom is 0.410 e. The smallest absolute Gasteiger partial charge is 0.410 e. The molecule has 164 valence electrons. The molecule has 0 saturated carbocycles. The lowest BCUT2D eigenvalue weighted by molar-refractivity contribution is 0.0293. The van der Waals surface area contributed by atoms with Gasteiger partial charge in [0.2, 0.25) is 0 Å². The second kappa shape index (κ2) is 8.09. The van der Waals surface area contributed by atoms with Crippen molar-refractivity contribution in [2.24, 2.45) is 0 Å². The number of halogens is 2. The summed E-state index contributed by atoms with van der Waals surface area (Å²) >= 11 is 0. The van der Waals surface area contributed by atoms with Crippen LogP contribution in [0.15, 0.2) is 36.8 Å². The quantitative estimate of drug-likeness (QED) is 0.669. The number of aromatic nitrogens is 4. The fourth-order valence-electron chi connectivity index (χ4n) is 3.44. The number of amides is 1. The molecule has 4 heterocycles. The number of imidazole rings is 1. The van der Waals surface area contributed by atoms with Crippen LogP contribution in [0.2, 0.25) is 0 Å². The number of hydrogen-bond donors (Lipinski definition) is 1. The monoisotopic (exact) mass is 430 g/mol. The summed E-state index contributed by atoms with van der Waals surface area (Å²) in [5.41, 5.74) is 0.778. The van der Waals surface area contributed by atoms with Crippen LogP contribution in [0.3, 0.4) is 0 Å². The van der Waals surface area contributed by atoms with E-state index in [9.17, 15) is 13.6 Å². The van der Waals surface area contributed by atoms with Crippen molar-refractivity contribution in [3.05, 3.63) is 42.5 Å². The average Bonchev–Trinajstić information content (AvgIpc) is 3.33. The van der Waals surface area contributed by atoms with E-state index >= 15 is 0 Å². The second-order valence-corrected chi connectivity index (χ2v) is 8.45. The number of fused-ring (bicyclic) bond motifs is 1. The van der Waals surface area contributed by atoms with Crippen LogP contribution in [0, 0.1) is 0 Å². The summed E-state index contributed by atoms with van der Waals surface area (Å²) in [5.74, 6) is 0.631. The molecule has 3 aromatic heterocycles. The molecule has 1 atom stereocenters. The van der Waals surface area contributed by atoms with Crippen molar-refractivity contribution >= 4 is 17.6 Å². The molecule has 1 amide bonds. The molecule has 1 unspecified atom stereocenters. The van der Waals surface area contributed by atoms with E-state index in [0.717, 1.165) is 6.42 Å². The zero-order chi connectivity index (χ0) is 22.2. The van der Waals surface area contributed by atoms with E-state index in [2.05, 4.69) is 20.3 Å². The molecule has 3 aromatic rings. The molecule has 0 aromatic carbocycles. The Hall–Kier alpha value is -3.30. The van der Waals surface area contributed by atoms with Gasteiger partial charge in [0.15, 0.2) is 5.65 Å². The van der Waals surface area contributed by atoms with Gasteiger partial charge in [0.1, 0.15) is 17.1 Å². The number of hydrogen-bond acceptors (Lipinski definition) is 6. The molecule has 1 aliphatic rings. The van der Waals surface area contributed by atoms with Gasteiger partial charge in [0.25, 0.3) is 6.43 Å². The minimum Gasteiger partial charge on any atom is -0.444 e. The van der Waals surface area contributed by atoms with E-state index in [-0.39, 0.29) is 17.8 Å². The van der Waals surface area contributed by atoms with Crippen molar-refractivity contribution in [1.82, 2.24) is 24.3 Å². The summed E-state index contributed by atoms with van der Waals surface area (Å²) < 4.78 is 33.1. The van der Waals surface area contributed by atoms with E-state index < -0.39 is 12.0 Å². The minimum absolute atomic E-state index is 0.0343. The molecule has 1 fully saturated rings. The van der Waals surface area contributed by atoms with Gasteiger partial charge in [-0.05, 0) is 39.3 Å². The maximum atomic E-state index is 13.0. The van der Waals surface area contributed by atoms with Gasteiger partial charge in [-0.25, -0.2) is 28.5 Å². The summed E-state index contributed by atoms with van der Waals surface area (Å²) in [7, 11) is 0. The van der Waals surface area contributed by atoms with Crippen LogP contribution in [0.25, 0.3) is 17.0 Å². The third-order valence-corrected chi connectivity index (χ3v) is 4.84.